The second-order valence-electron chi connectivity index (χ2n) is 2.79. The standard InChI is InChI=1S/C8H12N4O3/c1-9-7-6(8(15)10-2)12(4-11-7)3-5(13)14/h4,9H,3H2,1-2H3,(H,10,15)(H,13,14). The van der Waals surface area contributed by atoms with E-state index in [0.717, 1.165) is 0 Å². The molecule has 0 aliphatic rings. The lowest BCUT2D eigenvalue weighted by atomic mass is 10.4. The van der Waals surface area contributed by atoms with Crippen LogP contribution in [0.5, 0.6) is 0 Å². The van der Waals surface area contributed by atoms with Crippen LogP contribution in [0.25, 0.3) is 0 Å². The number of aromatic nitrogens is 2. The molecule has 3 N–H and O–H groups in total. The zero-order valence-corrected chi connectivity index (χ0v) is 8.44. The molecular weight excluding hydrogens is 200 g/mol. The molecule has 1 aromatic heterocycles. The van der Waals surface area contributed by atoms with Crippen molar-refractivity contribution in [3.63, 3.8) is 0 Å². The molecule has 0 unspecified atom stereocenters. The third kappa shape index (κ3) is 2.25. The van der Waals surface area contributed by atoms with Gasteiger partial charge in [0.25, 0.3) is 5.91 Å². The second-order valence-corrected chi connectivity index (χ2v) is 2.79. The summed E-state index contributed by atoms with van der Waals surface area (Å²) in [5.74, 6) is -1.05. The van der Waals surface area contributed by atoms with Gasteiger partial charge in [-0.3, -0.25) is 9.59 Å². The van der Waals surface area contributed by atoms with Crippen LogP contribution >= 0.6 is 0 Å². The number of nitrogens with one attached hydrogen (secondary N) is 2. The van der Waals surface area contributed by atoms with Crippen LogP contribution in [-0.4, -0.2) is 40.6 Å². The Bertz CT molecular complexity index is 385. The highest BCUT2D eigenvalue weighted by atomic mass is 16.4. The summed E-state index contributed by atoms with van der Waals surface area (Å²) in [5, 5.41) is 13.8. The van der Waals surface area contributed by atoms with E-state index in [0.29, 0.717) is 5.82 Å². The summed E-state index contributed by atoms with van der Waals surface area (Å²) in [6.45, 7) is -0.294. The molecule has 1 rings (SSSR count). The number of nitrogens with zero attached hydrogens (tertiary/aromatic N) is 2. The number of hydrogen-bond acceptors (Lipinski definition) is 4. The molecule has 82 valence electrons. The lowest BCUT2D eigenvalue weighted by molar-refractivity contribution is -0.137. The van der Waals surface area contributed by atoms with Crippen LogP contribution in [-0.2, 0) is 11.3 Å². The SMILES string of the molecule is CNC(=O)c1c(NC)ncn1CC(=O)O. The molecule has 1 heterocycles. The molecule has 0 aromatic carbocycles. The van der Waals surface area contributed by atoms with Crippen molar-refractivity contribution in [2.24, 2.45) is 0 Å². The van der Waals surface area contributed by atoms with Gasteiger partial charge < -0.3 is 20.3 Å². The minimum atomic E-state index is -1.03. The van der Waals surface area contributed by atoms with E-state index in [9.17, 15) is 9.59 Å². The van der Waals surface area contributed by atoms with E-state index in [1.54, 1.807) is 7.05 Å². The lowest BCUT2D eigenvalue weighted by Gasteiger charge is -2.05. The van der Waals surface area contributed by atoms with E-state index in [2.05, 4.69) is 15.6 Å². The number of hydrogen-bond donors (Lipinski definition) is 3. The molecule has 0 saturated carbocycles. The Morgan fingerprint density at radius 2 is 2.20 bits per heavy atom. The van der Waals surface area contributed by atoms with Crippen molar-refractivity contribution in [2.75, 3.05) is 19.4 Å². The first-order chi connectivity index (χ1) is 7.10. The van der Waals surface area contributed by atoms with Crippen LogP contribution in [0.3, 0.4) is 0 Å². The number of carboxylic acid groups (broad SMARTS) is 1. The molecular formula is C8H12N4O3. The van der Waals surface area contributed by atoms with Crippen molar-refractivity contribution in [3.8, 4) is 0 Å². The first kappa shape index (κ1) is 11.0. The molecule has 0 saturated heterocycles. The smallest absolute Gasteiger partial charge is 0.323 e. The molecule has 1 aromatic rings. The van der Waals surface area contributed by atoms with Crippen LogP contribution < -0.4 is 10.6 Å². The Hall–Kier alpha value is -2.05. The van der Waals surface area contributed by atoms with Crippen molar-refractivity contribution in [3.05, 3.63) is 12.0 Å². The maximum Gasteiger partial charge on any atom is 0.323 e. The van der Waals surface area contributed by atoms with Gasteiger partial charge in [-0.15, -0.1) is 0 Å². The van der Waals surface area contributed by atoms with Gasteiger partial charge >= 0.3 is 5.97 Å². The van der Waals surface area contributed by atoms with E-state index >= 15 is 0 Å². The summed E-state index contributed by atoms with van der Waals surface area (Å²) in [4.78, 5) is 25.9. The zero-order chi connectivity index (χ0) is 11.4. The maximum atomic E-state index is 11.5. The number of carbonyl (C=O) groups is 2. The van der Waals surface area contributed by atoms with Crippen LogP contribution in [0.1, 0.15) is 10.5 Å². The molecule has 7 heteroatoms. The molecule has 0 aliphatic heterocycles. The molecule has 0 aliphatic carbocycles. The van der Waals surface area contributed by atoms with E-state index in [-0.39, 0.29) is 18.1 Å². The van der Waals surface area contributed by atoms with Gasteiger partial charge in [0.05, 0.1) is 6.33 Å². The second kappa shape index (κ2) is 4.45. The Labute approximate surface area is 86.1 Å². The van der Waals surface area contributed by atoms with Crippen molar-refractivity contribution < 1.29 is 14.7 Å². The van der Waals surface area contributed by atoms with Crippen LogP contribution in [0.4, 0.5) is 5.82 Å². The van der Waals surface area contributed by atoms with Gasteiger partial charge in [-0.1, -0.05) is 0 Å². The lowest BCUT2D eigenvalue weighted by Crippen LogP contribution is -2.24. The van der Waals surface area contributed by atoms with Gasteiger partial charge in [0.15, 0.2) is 11.5 Å². The summed E-state index contributed by atoms with van der Waals surface area (Å²) in [7, 11) is 3.08. The van der Waals surface area contributed by atoms with Crippen LogP contribution in [0.15, 0.2) is 6.33 Å². The van der Waals surface area contributed by atoms with Gasteiger partial charge in [0.1, 0.15) is 6.54 Å². The van der Waals surface area contributed by atoms with Gasteiger partial charge in [0, 0.05) is 14.1 Å². The molecule has 7 nitrogen and oxygen atoms in total. The number of amides is 1. The van der Waals surface area contributed by atoms with Crippen molar-refractivity contribution in [1.29, 1.82) is 0 Å². The molecule has 0 radical (unpaired) electrons. The molecule has 0 spiro atoms. The van der Waals surface area contributed by atoms with Crippen molar-refractivity contribution >= 4 is 17.7 Å². The minimum absolute atomic E-state index is 0.211. The van der Waals surface area contributed by atoms with Crippen LogP contribution in [0.2, 0.25) is 0 Å². The first-order valence-electron chi connectivity index (χ1n) is 4.27. The normalized spacial score (nSPS) is 9.73. The molecule has 1 amide bonds. The number of carboxylic acids is 1. The summed E-state index contributed by atoms with van der Waals surface area (Å²) >= 11 is 0. The third-order valence-electron chi connectivity index (χ3n) is 1.82. The highest BCUT2D eigenvalue weighted by Crippen LogP contribution is 2.12. The number of imidazole rings is 1. The largest absolute Gasteiger partial charge is 0.480 e. The fourth-order valence-electron chi connectivity index (χ4n) is 1.19. The predicted molar refractivity (Wildman–Crippen MR) is 52.8 cm³/mol. The van der Waals surface area contributed by atoms with E-state index in [4.69, 9.17) is 5.11 Å². The number of rotatable bonds is 4. The van der Waals surface area contributed by atoms with E-state index in [1.807, 2.05) is 0 Å². The third-order valence-corrected chi connectivity index (χ3v) is 1.82. The van der Waals surface area contributed by atoms with Gasteiger partial charge in [-0.2, -0.15) is 0 Å². The predicted octanol–water partition coefficient (Wildman–Crippen LogP) is -0.631. The fourth-order valence-corrected chi connectivity index (χ4v) is 1.19. The fraction of sp³-hybridized carbons (Fsp3) is 0.375. The molecule has 0 fully saturated rings. The Balaban J connectivity index is 3.10. The van der Waals surface area contributed by atoms with Gasteiger partial charge in [-0.25, -0.2) is 4.98 Å². The molecule has 0 bridgehead atoms. The topological polar surface area (TPSA) is 96.3 Å². The van der Waals surface area contributed by atoms with Crippen molar-refractivity contribution in [2.45, 2.75) is 6.54 Å². The molecule has 0 atom stereocenters. The highest BCUT2D eigenvalue weighted by Gasteiger charge is 2.17. The highest BCUT2D eigenvalue weighted by molar-refractivity contribution is 5.97. The maximum absolute atomic E-state index is 11.5. The van der Waals surface area contributed by atoms with E-state index < -0.39 is 5.97 Å². The summed E-state index contributed by atoms with van der Waals surface area (Å²) in [6.07, 6.45) is 1.31. The summed E-state index contributed by atoms with van der Waals surface area (Å²) in [5.41, 5.74) is 0.211. The van der Waals surface area contributed by atoms with E-state index in [1.165, 1.54) is 17.9 Å². The first-order valence-corrected chi connectivity index (χ1v) is 4.27. The van der Waals surface area contributed by atoms with Gasteiger partial charge in [0.2, 0.25) is 0 Å². The minimum Gasteiger partial charge on any atom is -0.480 e. The average molecular weight is 212 g/mol. The Kier molecular flexibility index (Phi) is 3.27. The number of aliphatic carboxylic acids is 1. The average Bonchev–Trinajstić information content (AvgIpc) is 2.58. The van der Waals surface area contributed by atoms with Crippen molar-refractivity contribution in [1.82, 2.24) is 14.9 Å². The zero-order valence-electron chi connectivity index (χ0n) is 8.44. The monoisotopic (exact) mass is 212 g/mol. The quantitative estimate of drug-likeness (QED) is 0.617. The molecule has 15 heavy (non-hydrogen) atoms. The van der Waals surface area contributed by atoms with Gasteiger partial charge in [-0.05, 0) is 0 Å². The Morgan fingerprint density at radius 3 is 2.67 bits per heavy atom. The number of anilines is 1. The summed E-state index contributed by atoms with van der Waals surface area (Å²) in [6, 6.07) is 0. The number of carbonyl (C=O) groups excluding carboxylic acids is 1. The Morgan fingerprint density at radius 1 is 1.53 bits per heavy atom. The van der Waals surface area contributed by atoms with Crippen LogP contribution in [0, 0.1) is 0 Å². The summed E-state index contributed by atoms with van der Waals surface area (Å²) < 4.78 is 1.27.